The van der Waals surface area contributed by atoms with Crippen LogP contribution in [0, 0.1) is 0 Å². The third-order valence-corrected chi connectivity index (χ3v) is 7.86. The minimum absolute atomic E-state index is 0.0477. The van der Waals surface area contributed by atoms with Crippen LogP contribution in [-0.4, -0.2) is 52.2 Å². The van der Waals surface area contributed by atoms with Crippen molar-refractivity contribution < 1.29 is 31.2 Å². The normalized spacial score (nSPS) is 16.2. The van der Waals surface area contributed by atoms with Crippen LogP contribution in [-0.2, 0) is 29.6 Å². The molecule has 0 radical (unpaired) electrons. The Balaban J connectivity index is 1.59. The van der Waals surface area contributed by atoms with E-state index in [4.69, 9.17) is 16.3 Å². The van der Waals surface area contributed by atoms with Gasteiger partial charge in [-0.1, -0.05) is 29.8 Å². The Morgan fingerprint density at radius 3 is 2.57 bits per heavy atom. The van der Waals surface area contributed by atoms with E-state index in [9.17, 15) is 26.4 Å². The molecule has 1 heterocycles. The molecule has 1 aliphatic rings. The van der Waals surface area contributed by atoms with Crippen molar-refractivity contribution in [3.05, 3.63) is 59.1 Å². The van der Waals surface area contributed by atoms with E-state index in [-0.39, 0.29) is 20.4 Å². The fourth-order valence-corrected chi connectivity index (χ4v) is 5.83. The molecule has 2 aromatic carbocycles. The molecular weight excluding hydrogens is 456 g/mol. The van der Waals surface area contributed by atoms with Crippen molar-refractivity contribution in [1.29, 1.82) is 0 Å². The quantitative estimate of drug-likeness (QED) is 0.603. The van der Waals surface area contributed by atoms with Crippen LogP contribution in [0.1, 0.15) is 17.3 Å². The van der Waals surface area contributed by atoms with Crippen molar-refractivity contribution in [2.24, 2.45) is 0 Å². The number of rotatable bonds is 7. The first-order valence-electron chi connectivity index (χ1n) is 8.64. The molecule has 1 N–H and O–H groups in total. The molecule has 30 heavy (non-hydrogen) atoms. The average Bonchev–Trinajstić information content (AvgIpc) is 2.88. The lowest BCUT2D eigenvalue weighted by molar-refractivity contribution is -0.145. The van der Waals surface area contributed by atoms with Crippen LogP contribution in [0.25, 0.3) is 0 Å². The van der Waals surface area contributed by atoms with Gasteiger partial charge in [-0.2, -0.15) is 4.72 Å². The first-order chi connectivity index (χ1) is 14.0. The molecule has 0 bridgehead atoms. The first-order valence-corrected chi connectivity index (χ1v) is 11.9. The van der Waals surface area contributed by atoms with E-state index in [1.165, 1.54) is 49.4 Å². The molecule has 12 heteroatoms. The van der Waals surface area contributed by atoms with Gasteiger partial charge in [0.25, 0.3) is 15.9 Å². The Kier molecular flexibility index (Phi) is 6.18. The van der Waals surface area contributed by atoms with E-state index >= 15 is 0 Å². The highest BCUT2D eigenvalue weighted by Crippen LogP contribution is 2.29. The van der Waals surface area contributed by atoms with E-state index in [1.807, 2.05) is 0 Å². The Hall–Kier alpha value is -2.47. The largest absolute Gasteiger partial charge is 0.463 e. The van der Waals surface area contributed by atoms with Crippen LogP contribution >= 0.6 is 11.6 Å². The molecule has 160 valence electrons. The summed E-state index contributed by atoms with van der Waals surface area (Å²) < 4.78 is 57.3. The molecule has 0 aliphatic carbocycles. The Morgan fingerprint density at radius 2 is 1.90 bits per heavy atom. The minimum atomic E-state index is -4.03. The Labute approximate surface area is 178 Å². The maximum Gasteiger partial charge on any atom is 0.323 e. The first kappa shape index (κ1) is 22.2. The monoisotopic (exact) mass is 472 g/mol. The fourth-order valence-electron chi connectivity index (χ4n) is 2.79. The molecular formula is C18H17ClN2O7S2. The summed E-state index contributed by atoms with van der Waals surface area (Å²) in [5.74, 6) is -1.64. The number of fused-ring (bicyclic) bond motifs is 1. The maximum atomic E-state index is 12.4. The highest BCUT2D eigenvalue weighted by atomic mass is 35.5. The van der Waals surface area contributed by atoms with Crippen molar-refractivity contribution in [3.63, 3.8) is 0 Å². The van der Waals surface area contributed by atoms with Gasteiger partial charge in [0.05, 0.1) is 17.0 Å². The van der Waals surface area contributed by atoms with Gasteiger partial charge in [-0.3, -0.25) is 9.59 Å². The van der Waals surface area contributed by atoms with Crippen molar-refractivity contribution in [3.8, 4) is 0 Å². The number of hydrogen-bond acceptors (Lipinski definition) is 7. The summed E-state index contributed by atoms with van der Waals surface area (Å²) in [4.78, 5) is 24.2. The van der Waals surface area contributed by atoms with E-state index in [0.717, 1.165) is 0 Å². The van der Waals surface area contributed by atoms with Crippen LogP contribution in [0.4, 0.5) is 0 Å². The molecule has 1 amide bonds. The summed E-state index contributed by atoms with van der Waals surface area (Å²) in [6, 6.07) is 10.0. The van der Waals surface area contributed by atoms with Gasteiger partial charge in [0.2, 0.25) is 10.0 Å². The second-order valence-electron chi connectivity index (χ2n) is 6.35. The number of carbonyl (C=O) groups excluding carboxylic acids is 2. The molecule has 9 nitrogen and oxygen atoms in total. The number of hydrogen-bond donors (Lipinski definition) is 1. The minimum Gasteiger partial charge on any atom is -0.463 e. The number of ether oxygens (including phenoxy) is 1. The lowest BCUT2D eigenvalue weighted by atomic mass is 10.2. The number of carbonyl (C=O) groups is 2. The lowest BCUT2D eigenvalue weighted by Gasteiger charge is -2.17. The van der Waals surface area contributed by atoms with Crippen LogP contribution < -0.4 is 4.72 Å². The van der Waals surface area contributed by atoms with Crippen LogP contribution in [0.15, 0.2) is 58.3 Å². The number of amides is 1. The Morgan fingerprint density at radius 1 is 1.20 bits per heavy atom. The Bertz CT molecular complexity index is 1210. The molecule has 0 aromatic heterocycles. The lowest BCUT2D eigenvalue weighted by Crippen LogP contribution is -2.41. The van der Waals surface area contributed by atoms with Crippen molar-refractivity contribution in [1.82, 2.24) is 9.03 Å². The fraction of sp³-hybridized carbons (Fsp3) is 0.222. The van der Waals surface area contributed by atoms with Gasteiger partial charge in [0.1, 0.15) is 17.5 Å². The molecule has 0 saturated heterocycles. The average molecular weight is 473 g/mol. The van der Waals surface area contributed by atoms with Gasteiger partial charge in [0.15, 0.2) is 0 Å². The van der Waals surface area contributed by atoms with Gasteiger partial charge in [0, 0.05) is 5.02 Å². The van der Waals surface area contributed by atoms with E-state index in [0.29, 0.717) is 4.31 Å². The number of nitrogens with one attached hydrogen (secondary N) is 1. The summed E-state index contributed by atoms with van der Waals surface area (Å²) in [7, 11) is -8.04. The molecule has 1 atom stereocenters. The van der Waals surface area contributed by atoms with Gasteiger partial charge in [-0.25, -0.2) is 21.1 Å². The van der Waals surface area contributed by atoms with E-state index < -0.39 is 51.1 Å². The number of nitrogens with zero attached hydrogens (tertiary/aromatic N) is 1. The van der Waals surface area contributed by atoms with E-state index in [1.54, 1.807) is 6.07 Å². The molecule has 0 saturated carbocycles. The third kappa shape index (κ3) is 4.33. The zero-order chi connectivity index (χ0) is 22.1. The van der Waals surface area contributed by atoms with Crippen LogP contribution in [0.3, 0.4) is 0 Å². The second kappa shape index (κ2) is 8.34. The van der Waals surface area contributed by atoms with Crippen molar-refractivity contribution >= 4 is 43.5 Å². The topological polar surface area (TPSA) is 127 Å². The van der Waals surface area contributed by atoms with Gasteiger partial charge in [-0.05, 0) is 37.3 Å². The molecule has 1 aliphatic heterocycles. The predicted octanol–water partition coefficient (Wildman–Crippen LogP) is 1.39. The third-order valence-electron chi connectivity index (χ3n) is 4.24. The highest BCUT2D eigenvalue weighted by molar-refractivity contribution is 7.90. The number of esters is 1. The maximum absolute atomic E-state index is 12.4. The van der Waals surface area contributed by atoms with E-state index in [2.05, 4.69) is 4.72 Å². The summed E-state index contributed by atoms with van der Waals surface area (Å²) in [6.45, 7) is 0.453. The number of benzene rings is 2. The molecule has 0 fully saturated rings. The molecule has 0 spiro atoms. The summed E-state index contributed by atoms with van der Waals surface area (Å²) in [6.07, 6.45) is 0. The number of halogens is 1. The summed E-state index contributed by atoms with van der Waals surface area (Å²) in [5.41, 5.74) is 0.0477. The summed E-state index contributed by atoms with van der Waals surface area (Å²) >= 11 is 5.78. The van der Waals surface area contributed by atoms with Crippen molar-refractivity contribution in [2.75, 3.05) is 13.2 Å². The second-order valence-corrected chi connectivity index (χ2v) is 10.3. The van der Waals surface area contributed by atoms with Gasteiger partial charge < -0.3 is 4.74 Å². The zero-order valence-corrected chi connectivity index (χ0v) is 18.0. The van der Waals surface area contributed by atoms with Crippen LogP contribution in [0.2, 0.25) is 5.02 Å². The smallest absolute Gasteiger partial charge is 0.323 e. The van der Waals surface area contributed by atoms with Crippen molar-refractivity contribution in [2.45, 2.75) is 22.8 Å². The SMILES string of the molecule is C[C@H](NS(=O)(=O)c1cccc(Cl)c1)C(=O)OCCN1C(=O)c2ccccc2S1(=O)=O. The summed E-state index contributed by atoms with van der Waals surface area (Å²) in [5, 5.41) is 0.214. The van der Waals surface area contributed by atoms with Gasteiger partial charge in [-0.15, -0.1) is 0 Å². The zero-order valence-electron chi connectivity index (χ0n) is 15.6. The number of sulfonamides is 2. The standard InChI is InChI=1S/C18H17ClN2O7S2/c1-12(20-29(24,25)14-6-4-5-13(19)11-14)18(23)28-10-9-21-17(22)15-7-2-3-8-16(15)30(21,26)27/h2-8,11-12,20H,9-10H2,1H3/t12-/m0/s1. The van der Waals surface area contributed by atoms with Gasteiger partial charge >= 0.3 is 5.97 Å². The highest BCUT2D eigenvalue weighted by Gasteiger charge is 2.40. The molecule has 2 aromatic rings. The molecule has 0 unspecified atom stereocenters. The predicted molar refractivity (Wildman–Crippen MR) is 107 cm³/mol. The molecule has 3 rings (SSSR count). The van der Waals surface area contributed by atoms with Crippen LogP contribution in [0.5, 0.6) is 0 Å².